The molecule has 1 N–H and O–H groups in total. The van der Waals surface area contributed by atoms with E-state index in [1.807, 2.05) is 31.2 Å². The molecule has 0 saturated carbocycles. The molecule has 0 aliphatic heterocycles. The average Bonchev–Trinajstić information content (AvgIpc) is 2.81. The highest BCUT2D eigenvalue weighted by molar-refractivity contribution is 5.96. The number of fused-ring (bicyclic) bond motifs is 1. The lowest BCUT2D eigenvalue weighted by Gasteiger charge is -2.06. The lowest BCUT2D eigenvalue weighted by Crippen LogP contribution is -2.07. The van der Waals surface area contributed by atoms with Crippen LogP contribution in [0.5, 0.6) is 5.75 Å². The topological polar surface area (TPSA) is 55.1 Å². The van der Waals surface area contributed by atoms with Crippen LogP contribution < -0.4 is 0 Å². The molecule has 4 nitrogen and oxygen atoms in total. The zero-order valence-corrected chi connectivity index (χ0v) is 11.8. The van der Waals surface area contributed by atoms with Crippen molar-refractivity contribution in [3.05, 3.63) is 59.9 Å². The summed E-state index contributed by atoms with van der Waals surface area (Å²) >= 11 is 0. The monoisotopic (exact) mass is 280 g/mol. The maximum atomic E-state index is 12.2. The van der Waals surface area contributed by atoms with E-state index in [9.17, 15) is 9.90 Å². The Hall–Kier alpha value is -2.62. The van der Waals surface area contributed by atoms with Crippen molar-refractivity contribution in [2.75, 3.05) is 0 Å². The summed E-state index contributed by atoms with van der Waals surface area (Å²) in [7, 11) is 0. The van der Waals surface area contributed by atoms with Crippen LogP contribution in [0.3, 0.4) is 0 Å². The molecule has 0 atom stereocenters. The fraction of sp³-hybridized carbons (Fsp3) is 0.176. The summed E-state index contributed by atoms with van der Waals surface area (Å²) in [5, 5.41) is 9.25. The number of imidazole rings is 1. The number of para-hydroxylation sites is 2. The lowest BCUT2D eigenvalue weighted by atomic mass is 10.1. The van der Waals surface area contributed by atoms with Gasteiger partial charge in [0, 0.05) is 18.5 Å². The van der Waals surface area contributed by atoms with Crippen molar-refractivity contribution in [2.45, 2.75) is 19.9 Å². The third-order valence-electron chi connectivity index (χ3n) is 3.60. The molecule has 0 aliphatic rings. The molecule has 0 fully saturated rings. The molecule has 21 heavy (non-hydrogen) atoms. The van der Waals surface area contributed by atoms with Gasteiger partial charge in [-0.05, 0) is 43.3 Å². The summed E-state index contributed by atoms with van der Waals surface area (Å²) in [6.45, 7) is 2.55. The molecule has 0 amide bonds. The van der Waals surface area contributed by atoms with E-state index in [0.717, 1.165) is 16.9 Å². The minimum absolute atomic E-state index is 0.0622. The number of ketones is 1. The second-order valence-corrected chi connectivity index (χ2v) is 5.02. The molecule has 2 aromatic carbocycles. The predicted octanol–water partition coefficient (Wildman–Crippen LogP) is 3.32. The predicted molar refractivity (Wildman–Crippen MR) is 81.5 cm³/mol. The molecular weight excluding hydrogens is 264 g/mol. The number of aromatic hydroxyl groups is 1. The molecule has 1 aromatic heterocycles. The maximum absolute atomic E-state index is 12.2. The molecule has 106 valence electrons. The minimum atomic E-state index is 0.0622. The van der Waals surface area contributed by atoms with Gasteiger partial charge < -0.3 is 9.67 Å². The summed E-state index contributed by atoms with van der Waals surface area (Å²) < 4.78 is 2.06. The van der Waals surface area contributed by atoms with Crippen molar-refractivity contribution < 1.29 is 9.90 Å². The fourth-order valence-electron chi connectivity index (χ4n) is 2.48. The van der Waals surface area contributed by atoms with E-state index in [1.165, 1.54) is 12.1 Å². The van der Waals surface area contributed by atoms with Crippen LogP contribution in [0.4, 0.5) is 0 Å². The first kappa shape index (κ1) is 13.4. The Kier molecular flexibility index (Phi) is 3.44. The van der Waals surface area contributed by atoms with Gasteiger partial charge in [-0.25, -0.2) is 4.98 Å². The van der Waals surface area contributed by atoms with Crippen molar-refractivity contribution in [1.82, 2.24) is 9.55 Å². The zero-order chi connectivity index (χ0) is 14.8. The first-order valence-electron chi connectivity index (χ1n) is 6.89. The van der Waals surface area contributed by atoms with Crippen LogP contribution in [-0.2, 0) is 6.54 Å². The first-order valence-corrected chi connectivity index (χ1v) is 6.89. The number of hydrogen-bond donors (Lipinski definition) is 1. The molecule has 0 aliphatic carbocycles. The van der Waals surface area contributed by atoms with Gasteiger partial charge in [-0.15, -0.1) is 0 Å². The zero-order valence-electron chi connectivity index (χ0n) is 11.8. The highest BCUT2D eigenvalue weighted by Crippen LogP contribution is 2.17. The number of Topliss-reactive ketones (excluding diaryl/α,β-unsaturated/α-hetero) is 1. The highest BCUT2D eigenvalue weighted by atomic mass is 16.3. The Labute approximate surface area is 122 Å². The van der Waals surface area contributed by atoms with Crippen LogP contribution in [0.15, 0.2) is 48.5 Å². The number of nitrogens with zero attached hydrogens (tertiary/aromatic N) is 2. The van der Waals surface area contributed by atoms with Crippen LogP contribution in [0.1, 0.15) is 22.6 Å². The van der Waals surface area contributed by atoms with Crippen LogP contribution in [0.25, 0.3) is 11.0 Å². The van der Waals surface area contributed by atoms with E-state index >= 15 is 0 Å². The standard InChI is InChI=1S/C17H16N2O2/c1-12-18-15-4-2-3-5-16(15)19(12)11-10-17(21)13-6-8-14(20)9-7-13/h2-9,20H,10-11H2,1H3. The molecule has 3 rings (SSSR count). The molecule has 0 radical (unpaired) electrons. The summed E-state index contributed by atoms with van der Waals surface area (Å²) in [4.78, 5) is 16.7. The number of aryl methyl sites for hydroxylation is 2. The third kappa shape index (κ3) is 2.65. The van der Waals surface area contributed by atoms with Crippen LogP contribution in [0, 0.1) is 6.92 Å². The summed E-state index contributed by atoms with van der Waals surface area (Å²) in [5.41, 5.74) is 2.62. The Morgan fingerprint density at radius 1 is 1.14 bits per heavy atom. The van der Waals surface area contributed by atoms with Crippen molar-refractivity contribution in [3.8, 4) is 5.75 Å². The molecule has 3 aromatic rings. The average molecular weight is 280 g/mol. The Balaban J connectivity index is 1.79. The van der Waals surface area contributed by atoms with E-state index in [4.69, 9.17) is 0 Å². The summed E-state index contributed by atoms with van der Waals surface area (Å²) in [6, 6.07) is 14.3. The lowest BCUT2D eigenvalue weighted by molar-refractivity contribution is 0.0977. The maximum Gasteiger partial charge on any atom is 0.164 e. The second kappa shape index (κ2) is 5.40. The number of carbonyl (C=O) groups excluding carboxylic acids is 1. The van der Waals surface area contributed by atoms with Gasteiger partial charge in [0.25, 0.3) is 0 Å². The minimum Gasteiger partial charge on any atom is -0.508 e. The molecule has 0 unspecified atom stereocenters. The Morgan fingerprint density at radius 2 is 1.86 bits per heavy atom. The van der Waals surface area contributed by atoms with Gasteiger partial charge in [0.1, 0.15) is 11.6 Å². The van der Waals surface area contributed by atoms with Crippen molar-refractivity contribution >= 4 is 16.8 Å². The molecular formula is C17H16N2O2. The van der Waals surface area contributed by atoms with Crippen LogP contribution in [-0.4, -0.2) is 20.4 Å². The van der Waals surface area contributed by atoms with Gasteiger partial charge in [-0.2, -0.15) is 0 Å². The van der Waals surface area contributed by atoms with Crippen molar-refractivity contribution in [3.63, 3.8) is 0 Å². The molecule has 0 bridgehead atoms. The summed E-state index contributed by atoms with van der Waals surface area (Å²) in [6.07, 6.45) is 0.409. The molecule has 0 spiro atoms. The number of hydrogen-bond acceptors (Lipinski definition) is 3. The van der Waals surface area contributed by atoms with E-state index in [0.29, 0.717) is 18.5 Å². The normalized spacial score (nSPS) is 10.9. The van der Waals surface area contributed by atoms with E-state index in [2.05, 4.69) is 9.55 Å². The number of benzene rings is 2. The highest BCUT2D eigenvalue weighted by Gasteiger charge is 2.10. The van der Waals surface area contributed by atoms with E-state index < -0.39 is 0 Å². The van der Waals surface area contributed by atoms with E-state index in [1.54, 1.807) is 12.1 Å². The van der Waals surface area contributed by atoms with Crippen LogP contribution in [0.2, 0.25) is 0 Å². The van der Waals surface area contributed by atoms with Gasteiger partial charge >= 0.3 is 0 Å². The quantitative estimate of drug-likeness (QED) is 0.746. The first-order chi connectivity index (χ1) is 10.1. The van der Waals surface area contributed by atoms with Gasteiger partial charge in [0.05, 0.1) is 11.0 Å². The van der Waals surface area contributed by atoms with Crippen molar-refractivity contribution in [1.29, 1.82) is 0 Å². The SMILES string of the molecule is Cc1nc2ccccc2n1CCC(=O)c1ccc(O)cc1. The van der Waals surface area contributed by atoms with Crippen molar-refractivity contribution in [2.24, 2.45) is 0 Å². The fourth-order valence-corrected chi connectivity index (χ4v) is 2.48. The second-order valence-electron chi connectivity index (χ2n) is 5.02. The number of carbonyl (C=O) groups is 1. The number of rotatable bonds is 4. The molecule has 4 heteroatoms. The van der Waals surface area contributed by atoms with Crippen LogP contribution >= 0.6 is 0 Å². The number of phenolic OH excluding ortho intramolecular Hbond substituents is 1. The third-order valence-corrected chi connectivity index (χ3v) is 3.60. The number of phenols is 1. The van der Waals surface area contributed by atoms with Gasteiger partial charge in [-0.1, -0.05) is 12.1 Å². The van der Waals surface area contributed by atoms with Gasteiger partial charge in [-0.3, -0.25) is 4.79 Å². The molecule has 0 saturated heterocycles. The largest absolute Gasteiger partial charge is 0.508 e. The van der Waals surface area contributed by atoms with Gasteiger partial charge in [0.2, 0.25) is 0 Å². The molecule has 1 heterocycles. The Morgan fingerprint density at radius 3 is 2.62 bits per heavy atom. The van der Waals surface area contributed by atoms with E-state index in [-0.39, 0.29) is 11.5 Å². The smallest absolute Gasteiger partial charge is 0.164 e. The summed E-state index contributed by atoms with van der Waals surface area (Å²) in [5.74, 6) is 1.14. The Bertz CT molecular complexity index is 788. The van der Waals surface area contributed by atoms with Gasteiger partial charge in [0.15, 0.2) is 5.78 Å². The number of aromatic nitrogens is 2.